The molecule has 25 heavy (non-hydrogen) atoms. The molecule has 1 amide bonds. The first kappa shape index (κ1) is 18.3. The van der Waals surface area contributed by atoms with Gasteiger partial charge in [0.05, 0.1) is 13.2 Å². The molecule has 0 fully saturated rings. The lowest BCUT2D eigenvalue weighted by Gasteiger charge is -2.12. The maximum atomic E-state index is 12.1. The molecule has 0 radical (unpaired) electrons. The molecule has 2 aromatic rings. The zero-order valence-corrected chi connectivity index (χ0v) is 14.6. The second-order valence-corrected chi connectivity index (χ2v) is 5.48. The van der Waals surface area contributed by atoms with Crippen molar-refractivity contribution in [1.82, 2.24) is 5.32 Å². The standard InChI is InChI=1S/C21H23NO3/c1-4-14-25-19-12-10-17(15-20(19)24-3)11-13-21(23)22-16(2)18-8-6-5-7-9-18/h4-13,15-16H,1,14H2,2-3H3,(H,22,23). The molecule has 0 aliphatic rings. The fourth-order valence-electron chi connectivity index (χ4n) is 2.31. The number of carbonyl (C=O) groups is 1. The Morgan fingerprint density at radius 3 is 2.64 bits per heavy atom. The highest BCUT2D eigenvalue weighted by Gasteiger charge is 2.07. The van der Waals surface area contributed by atoms with E-state index in [9.17, 15) is 4.79 Å². The Bertz CT molecular complexity index is 738. The van der Waals surface area contributed by atoms with Gasteiger partial charge in [0.2, 0.25) is 5.91 Å². The van der Waals surface area contributed by atoms with Crippen molar-refractivity contribution in [2.75, 3.05) is 13.7 Å². The van der Waals surface area contributed by atoms with E-state index in [2.05, 4.69) is 11.9 Å². The molecule has 4 heteroatoms. The molecule has 130 valence electrons. The fraction of sp³-hybridized carbons (Fsp3) is 0.190. The monoisotopic (exact) mass is 337 g/mol. The molecule has 0 heterocycles. The minimum atomic E-state index is -0.151. The zero-order chi connectivity index (χ0) is 18.1. The average Bonchev–Trinajstić information content (AvgIpc) is 2.65. The van der Waals surface area contributed by atoms with Gasteiger partial charge in [-0.05, 0) is 36.3 Å². The third kappa shape index (κ3) is 5.53. The molecule has 1 unspecified atom stereocenters. The van der Waals surface area contributed by atoms with Crippen molar-refractivity contribution < 1.29 is 14.3 Å². The van der Waals surface area contributed by atoms with Gasteiger partial charge in [0, 0.05) is 6.08 Å². The molecule has 0 spiro atoms. The maximum Gasteiger partial charge on any atom is 0.244 e. The largest absolute Gasteiger partial charge is 0.493 e. The van der Waals surface area contributed by atoms with Crippen LogP contribution in [0, 0.1) is 0 Å². The average molecular weight is 337 g/mol. The fourth-order valence-corrected chi connectivity index (χ4v) is 2.31. The summed E-state index contributed by atoms with van der Waals surface area (Å²) >= 11 is 0. The van der Waals surface area contributed by atoms with Gasteiger partial charge >= 0.3 is 0 Å². The zero-order valence-electron chi connectivity index (χ0n) is 14.6. The summed E-state index contributed by atoms with van der Waals surface area (Å²) in [5.74, 6) is 1.10. The summed E-state index contributed by atoms with van der Waals surface area (Å²) in [5, 5.41) is 2.94. The summed E-state index contributed by atoms with van der Waals surface area (Å²) < 4.78 is 10.8. The van der Waals surface area contributed by atoms with Crippen LogP contribution in [0.3, 0.4) is 0 Å². The van der Waals surface area contributed by atoms with Crippen molar-refractivity contribution in [3.05, 3.63) is 78.4 Å². The molecule has 1 atom stereocenters. The highest BCUT2D eigenvalue weighted by atomic mass is 16.5. The molecule has 2 aromatic carbocycles. The Hall–Kier alpha value is -3.01. The minimum absolute atomic E-state index is 0.0532. The van der Waals surface area contributed by atoms with Crippen LogP contribution in [0.4, 0.5) is 0 Å². The van der Waals surface area contributed by atoms with Crippen molar-refractivity contribution in [3.63, 3.8) is 0 Å². The lowest BCUT2D eigenvalue weighted by atomic mass is 10.1. The smallest absolute Gasteiger partial charge is 0.244 e. The van der Waals surface area contributed by atoms with E-state index in [1.807, 2.05) is 55.5 Å². The predicted octanol–water partition coefficient (Wildman–Crippen LogP) is 4.15. The molecule has 0 saturated carbocycles. The number of hydrogen-bond donors (Lipinski definition) is 1. The summed E-state index contributed by atoms with van der Waals surface area (Å²) in [6, 6.07) is 15.3. The summed E-state index contributed by atoms with van der Waals surface area (Å²) in [6.07, 6.45) is 4.93. The van der Waals surface area contributed by atoms with Crippen LogP contribution in [-0.2, 0) is 4.79 Å². The van der Waals surface area contributed by atoms with Crippen molar-refractivity contribution in [2.45, 2.75) is 13.0 Å². The van der Waals surface area contributed by atoms with E-state index in [4.69, 9.17) is 9.47 Å². The maximum absolute atomic E-state index is 12.1. The Balaban J connectivity index is 2.00. The third-order valence-corrected chi connectivity index (χ3v) is 3.63. The van der Waals surface area contributed by atoms with Gasteiger partial charge in [-0.3, -0.25) is 4.79 Å². The summed E-state index contributed by atoms with van der Waals surface area (Å²) in [5.41, 5.74) is 1.92. The first-order valence-corrected chi connectivity index (χ1v) is 8.09. The van der Waals surface area contributed by atoms with Gasteiger partial charge in [-0.2, -0.15) is 0 Å². The SMILES string of the molecule is C=CCOc1ccc(C=CC(=O)NC(C)c2ccccc2)cc1OC. The van der Waals surface area contributed by atoms with Crippen LogP contribution in [0.5, 0.6) is 11.5 Å². The normalized spacial score (nSPS) is 11.8. The van der Waals surface area contributed by atoms with Gasteiger partial charge < -0.3 is 14.8 Å². The van der Waals surface area contributed by atoms with Crippen LogP contribution in [0.1, 0.15) is 24.1 Å². The van der Waals surface area contributed by atoms with E-state index in [1.165, 1.54) is 6.08 Å². The van der Waals surface area contributed by atoms with Crippen LogP contribution in [0.25, 0.3) is 6.08 Å². The number of hydrogen-bond acceptors (Lipinski definition) is 3. The van der Waals surface area contributed by atoms with Crippen LogP contribution < -0.4 is 14.8 Å². The van der Waals surface area contributed by atoms with Gasteiger partial charge in [-0.15, -0.1) is 0 Å². The van der Waals surface area contributed by atoms with Crippen LogP contribution >= 0.6 is 0 Å². The first-order valence-electron chi connectivity index (χ1n) is 8.09. The summed E-state index contributed by atoms with van der Waals surface area (Å²) in [4.78, 5) is 12.1. The van der Waals surface area contributed by atoms with E-state index in [1.54, 1.807) is 19.3 Å². The Kier molecular flexibility index (Phi) is 6.84. The molecule has 0 aliphatic carbocycles. The lowest BCUT2D eigenvalue weighted by molar-refractivity contribution is -0.117. The van der Waals surface area contributed by atoms with Crippen molar-refractivity contribution in [1.29, 1.82) is 0 Å². The van der Waals surface area contributed by atoms with Crippen molar-refractivity contribution in [3.8, 4) is 11.5 Å². The van der Waals surface area contributed by atoms with E-state index < -0.39 is 0 Å². The van der Waals surface area contributed by atoms with E-state index in [0.717, 1.165) is 11.1 Å². The molecule has 0 aliphatic heterocycles. The van der Waals surface area contributed by atoms with Gasteiger partial charge in [0.15, 0.2) is 11.5 Å². The molecule has 0 bridgehead atoms. The molecule has 0 saturated heterocycles. The number of rotatable bonds is 8. The highest BCUT2D eigenvalue weighted by molar-refractivity contribution is 5.92. The molecule has 0 aromatic heterocycles. The first-order chi connectivity index (χ1) is 12.1. The van der Waals surface area contributed by atoms with E-state index >= 15 is 0 Å². The van der Waals surface area contributed by atoms with Gasteiger partial charge in [-0.25, -0.2) is 0 Å². The minimum Gasteiger partial charge on any atom is -0.493 e. The molecular weight excluding hydrogens is 314 g/mol. The highest BCUT2D eigenvalue weighted by Crippen LogP contribution is 2.28. The van der Waals surface area contributed by atoms with Crippen LogP contribution in [0.2, 0.25) is 0 Å². The third-order valence-electron chi connectivity index (χ3n) is 3.63. The Labute approximate surface area is 148 Å². The number of ether oxygens (including phenoxy) is 2. The van der Waals surface area contributed by atoms with Gasteiger partial charge in [0.25, 0.3) is 0 Å². The predicted molar refractivity (Wildman–Crippen MR) is 101 cm³/mol. The van der Waals surface area contributed by atoms with Crippen LogP contribution in [0.15, 0.2) is 67.3 Å². The number of nitrogens with one attached hydrogen (secondary N) is 1. The Morgan fingerprint density at radius 1 is 1.20 bits per heavy atom. The van der Waals surface area contributed by atoms with Crippen LogP contribution in [-0.4, -0.2) is 19.6 Å². The number of amides is 1. The van der Waals surface area contributed by atoms with Crippen molar-refractivity contribution >= 4 is 12.0 Å². The number of carbonyl (C=O) groups excluding carboxylic acids is 1. The van der Waals surface area contributed by atoms with Crippen molar-refractivity contribution in [2.24, 2.45) is 0 Å². The van der Waals surface area contributed by atoms with Gasteiger partial charge in [-0.1, -0.05) is 49.1 Å². The number of methoxy groups -OCH3 is 1. The lowest BCUT2D eigenvalue weighted by Crippen LogP contribution is -2.24. The summed E-state index contributed by atoms with van der Waals surface area (Å²) in [6.45, 7) is 5.98. The molecule has 2 rings (SSSR count). The molecule has 1 N–H and O–H groups in total. The van der Waals surface area contributed by atoms with E-state index in [0.29, 0.717) is 18.1 Å². The molecule has 4 nitrogen and oxygen atoms in total. The molecular formula is C21H23NO3. The Morgan fingerprint density at radius 2 is 1.96 bits per heavy atom. The topological polar surface area (TPSA) is 47.6 Å². The number of benzene rings is 2. The van der Waals surface area contributed by atoms with E-state index in [-0.39, 0.29) is 11.9 Å². The second kappa shape index (κ2) is 9.33. The van der Waals surface area contributed by atoms with Gasteiger partial charge in [0.1, 0.15) is 6.61 Å². The second-order valence-electron chi connectivity index (χ2n) is 5.48. The summed E-state index contributed by atoms with van der Waals surface area (Å²) in [7, 11) is 1.58. The quantitative estimate of drug-likeness (QED) is 0.581.